The lowest BCUT2D eigenvalue weighted by atomic mass is 9.80. The van der Waals surface area contributed by atoms with Crippen LogP contribution in [0.5, 0.6) is 11.5 Å². The van der Waals surface area contributed by atoms with Gasteiger partial charge in [-0.3, -0.25) is 4.90 Å². The number of piperazine rings is 1. The lowest BCUT2D eigenvalue weighted by molar-refractivity contribution is 0.0839. The van der Waals surface area contributed by atoms with E-state index >= 15 is 0 Å². The van der Waals surface area contributed by atoms with Gasteiger partial charge in [0.2, 0.25) is 0 Å². The van der Waals surface area contributed by atoms with Gasteiger partial charge in [-0.2, -0.15) is 0 Å². The van der Waals surface area contributed by atoms with Crippen LogP contribution in [0, 0.1) is 5.41 Å². The highest BCUT2D eigenvalue weighted by Crippen LogP contribution is 2.44. The molecule has 0 aliphatic carbocycles. The molecule has 0 bridgehead atoms. The quantitative estimate of drug-likeness (QED) is 0.727. The van der Waals surface area contributed by atoms with E-state index in [1.165, 1.54) is 6.07 Å². The van der Waals surface area contributed by atoms with E-state index in [2.05, 4.69) is 31.0 Å². The molecule has 3 N–H and O–H groups in total. The molecule has 4 nitrogen and oxygen atoms in total. The maximum atomic E-state index is 10.2. The highest BCUT2D eigenvalue weighted by atomic mass is 35.5. The van der Waals surface area contributed by atoms with Crippen LogP contribution in [0.2, 0.25) is 0 Å². The summed E-state index contributed by atoms with van der Waals surface area (Å²) in [5.41, 5.74) is 0.803. The minimum atomic E-state index is -0.0399. The fourth-order valence-corrected chi connectivity index (χ4v) is 2.92. The Kier molecular flexibility index (Phi) is 7.82. The molecule has 1 heterocycles. The molecule has 1 saturated heterocycles. The third-order valence-electron chi connectivity index (χ3n) is 3.68. The van der Waals surface area contributed by atoms with Gasteiger partial charge in [0.15, 0.2) is 11.5 Å². The number of para-hydroxylation sites is 1. The van der Waals surface area contributed by atoms with Gasteiger partial charge in [-0.1, -0.05) is 32.9 Å². The number of hydrogen-bond acceptors (Lipinski definition) is 4. The number of phenolic OH excluding ortho intramolecular Hbond substituents is 2. The van der Waals surface area contributed by atoms with E-state index in [-0.39, 0.29) is 47.8 Å². The van der Waals surface area contributed by atoms with Crippen LogP contribution < -0.4 is 5.32 Å². The fraction of sp³-hybridized carbons (Fsp3) is 0.600. The minimum absolute atomic E-state index is 0. The molecule has 0 amide bonds. The molecule has 0 spiro atoms. The Morgan fingerprint density at radius 2 is 1.67 bits per heavy atom. The first-order valence-electron chi connectivity index (χ1n) is 6.87. The molecular weight excluding hydrogens is 311 g/mol. The van der Waals surface area contributed by atoms with Crippen molar-refractivity contribution in [3.05, 3.63) is 23.8 Å². The van der Waals surface area contributed by atoms with Crippen LogP contribution in [-0.4, -0.2) is 41.3 Å². The molecule has 2 rings (SSSR count). The molecule has 1 aromatic carbocycles. The third-order valence-corrected chi connectivity index (χ3v) is 3.68. The Hall–Kier alpha value is -0.680. The molecule has 0 aromatic heterocycles. The van der Waals surface area contributed by atoms with Gasteiger partial charge in [0.05, 0.1) is 0 Å². The molecule has 1 aliphatic rings. The second kappa shape index (κ2) is 8.08. The minimum Gasteiger partial charge on any atom is -0.504 e. The van der Waals surface area contributed by atoms with Crippen LogP contribution in [0.3, 0.4) is 0 Å². The first-order chi connectivity index (χ1) is 8.91. The van der Waals surface area contributed by atoms with Gasteiger partial charge in [-0.25, -0.2) is 0 Å². The molecule has 1 aliphatic heterocycles. The van der Waals surface area contributed by atoms with Crippen molar-refractivity contribution in [2.45, 2.75) is 26.8 Å². The van der Waals surface area contributed by atoms with E-state index in [0.717, 1.165) is 31.7 Å². The van der Waals surface area contributed by atoms with E-state index in [1.807, 2.05) is 6.07 Å². The smallest absolute Gasteiger partial charge is 0.162 e. The van der Waals surface area contributed by atoms with Gasteiger partial charge < -0.3 is 15.5 Å². The van der Waals surface area contributed by atoms with Crippen LogP contribution >= 0.6 is 24.8 Å². The zero-order chi connectivity index (χ0) is 14.0. The number of phenols is 2. The van der Waals surface area contributed by atoms with Crippen LogP contribution in [-0.2, 0) is 0 Å². The van der Waals surface area contributed by atoms with Crippen molar-refractivity contribution in [3.63, 3.8) is 0 Å². The molecule has 0 unspecified atom stereocenters. The molecule has 1 atom stereocenters. The number of aromatic hydroxyl groups is 2. The summed E-state index contributed by atoms with van der Waals surface area (Å²) in [5, 5.41) is 23.2. The van der Waals surface area contributed by atoms with Crippen molar-refractivity contribution in [1.29, 1.82) is 0 Å². The zero-order valence-corrected chi connectivity index (χ0v) is 14.4. The third kappa shape index (κ3) is 4.65. The SMILES string of the molecule is CC(C)(C)[C@@H](c1cccc(O)c1O)N1CCNCC1.Cl.Cl. The Morgan fingerprint density at radius 1 is 1.10 bits per heavy atom. The zero-order valence-electron chi connectivity index (χ0n) is 12.8. The van der Waals surface area contributed by atoms with E-state index in [0.29, 0.717) is 0 Å². The molecule has 0 saturated carbocycles. The number of hydrogen-bond donors (Lipinski definition) is 3. The Morgan fingerprint density at radius 3 is 2.19 bits per heavy atom. The Bertz CT molecular complexity index is 444. The van der Waals surface area contributed by atoms with Crippen LogP contribution in [0.4, 0.5) is 0 Å². The average Bonchev–Trinajstić information content (AvgIpc) is 2.35. The first kappa shape index (κ1) is 20.3. The fourth-order valence-electron chi connectivity index (χ4n) is 2.92. The topological polar surface area (TPSA) is 55.7 Å². The summed E-state index contributed by atoms with van der Waals surface area (Å²) >= 11 is 0. The number of halogens is 2. The lowest BCUT2D eigenvalue weighted by Crippen LogP contribution is -2.48. The largest absolute Gasteiger partial charge is 0.504 e. The number of nitrogens with zero attached hydrogens (tertiary/aromatic N) is 1. The normalized spacial score (nSPS) is 17.5. The highest BCUT2D eigenvalue weighted by molar-refractivity contribution is 5.85. The Balaban J connectivity index is 0.00000200. The summed E-state index contributed by atoms with van der Waals surface area (Å²) < 4.78 is 0. The monoisotopic (exact) mass is 336 g/mol. The summed E-state index contributed by atoms with van der Waals surface area (Å²) in [6, 6.07) is 5.33. The van der Waals surface area contributed by atoms with E-state index in [1.54, 1.807) is 6.07 Å². The molecule has 21 heavy (non-hydrogen) atoms. The number of rotatable bonds is 2. The summed E-state index contributed by atoms with van der Waals surface area (Å²) in [6.45, 7) is 10.3. The van der Waals surface area contributed by atoms with Crippen LogP contribution in [0.25, 0.3) is 0 Å². The number of nitrogens with one attached hydrogen (secondary N) is 1. The highest BCUT2D eigenvalue weighted by Gasteiger charge is 2.34. The van der Waals surface area contributed by atoms with Gasteiger partial charge >= 0.3 is 0 Å². The molecular formula is C15H26Cl2N2O2. The van der Waals surface area contributed by atoms with Gasteiger partial charge in [0.1, 0.15) is 0 Å². The van der Waals surface area contributed by atoms with Gasteiger partial charge in [-0.15, -0.1) is 24.8 Å². The molecule has 6 heteroatoms. The molecule has 1 aromatic rings. The van der Waals surface area contributed by atoms with Crippen molar-refractivity contribution in [2.24, 2.45) is 5.41 Å². The summed E-state index contributed by atoms with van der Waals surface area (Å²) in [7, 11) is 0. The van der Waals surface area contributed by atoms with Gasteiger partial charge in [0.25, 0.3) is 0 Å². The van der Waals surface area contributed by atoms with E-state index in [4.69, 9.17) is 0 Å². The van der Waals surface area contributed by atoms with Gasteiger partial charge in [0, 0.05) is 37.8 Å². The summed E-state index contributed by atoms with van der Waals surface area (Å²) in [5.74, 6) is -0.0251. The van der Waals surface area contributed by atoms with Crippen LogP contribution in [0.15, 0.2) is 18.2 Å². The van der Waals surface area contributed by atoms with Crippen molar-refractivity contribution in [3.8, 4) is 11.5 Å². The molecule has 0 radical (unpaired) electrons. The van der Waals surface area contributed by atoms with E-state index in [9.17, 15) is 10.2 Å². The van der Waals surface area contributed by atoms with Gasteiger partial charge in [-0.05, 0) is 11.5 Å². The predicted octanol–water partition coefficient (Wildman–Crippen LogP) is 2.93. The molecule has 122 valence electrons. The van der Waals surface area contributed by atoms with Crippen molar-refractivity contribution in [1.82, 2.24) is 10.2 Å². The average molecular weight is 337 g/mol. The van der Waals surface area contributed by atoms with E-state index < -0.39 is 0 Å². The Labute approximate surface area is 139 Å². The predicted molar refractivity (Wildman–Crippen MR) is 90.9 cm³/mol. The standard InChI is InChI=1S/C15H24N2O2.2ClH/c1-15(2,3)14(17-9-7-16-8-10-17)11-5-4-6-12(18)13(11)19;;/h4-6,14,16,18-19H,7-10H2,1-3H3;2*1H/t14-;;/m1../s1. The van der Waals surface area contributed by atoms with Crippen molar-refractivity contribution >= 4 is 24.8 Å². The van der Waals surface area contributed by atoms with Crippen molar-refractivity contribution in [2.75, 3.05) is 26.2 Å². The second-order valence-electron chi connectivity index (χ2n) is 6.27. The number of benzene rings is 1. The maximum absolute atomic E-state index is 10.2. The van der Waals surface area contributed by atoms with Crippen LogP contribution in [0.1, 0.15) is 32.4 Å². The summed E-state index contributed by atoms with van der Waals surface area (Å²) in [6.07, 6.45) is 0. The lowest BCUT2D eigenvalue weighted by Gasteiger charge is -2.42. The maximum Gasteiger partial charge on any atom is 0.162 e. The summed E-state index contributed by atoms with van der Waals surface area (Å²) in [4.78, 5) is 2.38. The second-order valence-corrected chi connectivity index (χ2v) is 6.27. The first-order valence-corrected chi connectivity index (χ1v) is 6.87. The van der Waals surface area contributed by atoms with Crippen molar-refractivity contribution < 1.29 is 10.2 Å². The molecule has 1 fully saturated rings.